The Morgan fingerprint density at radius 3 is 2.69 bits per heavy atom. The minimum absolute atomic E-state index is 0.112. The van der Waals surface area contributed by atoms with E-state index in [0.717, 1.165) is 24.2 Å². The second-order valence-electron chi connectivity index (χ2n) is 3.99. The molecule has 0 aliphatic carbocycles. The molecule has 0 spiro atoms. The summed E-state index contributed by atoms with van der Waals surface area (Å²) < 4.78 is 5.31. The summed E-state index contributed by atoms with van der Waals surface area (Å²) in [7, 11) is 1.67. The van der Waals surface area contributed by atoms with Gasteiger partial charge in [0.2, 0.25) is 0 Å². The van der Waals surface area contributed by atoms with Gasteiger partial charge >= 0.3 is 0 Å². The number of nitrogens with two attached hydrogens (primary N) is 1. The quantitative estimate of drug-likeness (QED) is 0.765. The van der Waals surface area contributed by atoms with E-state index in [1.807, 2.05) is 6.07 Å². The van der Waals surface area contributed by atoms with Crippen LogP contribution in [0.4, 0.5) is 0 Å². The Bertz CT molecular complexity index is 322. The first-order valence-electron chi connectivity index (χ1n) is 5.71. The second-order valence-corrected chi connectivity index (χ2v) is 3.99. The normalized spacial score (nSPS) is 12.5. The van der Waals surface area contributed by atoms with Crippen molar-refractivity contribution in [3.8, 4) is 5.75 Å². The van der Waals surface area contributed by atoms with Gasteiger partial charge in [-0.2, -0.15) is 0 Å². The fraction of sp³-hybridized carbons (Fsp3) is 0.538. The first-order valence-corrected chi connectivity index (χ1v) is 5.71. The fourth-order valence-corrected chi connectivity index (χ4v) is 1.74. The maximum atomic E-state index is 9.16. The summed E-state index contributed by atoms with van der Waals surface area (Å²) in [6, 6.07) is 6.19. The van der Waals surface area contributed by atoms with Crippen molar-refractivity contribution in [1.82, 2.24) is 0 Å². The first kappa shape index (κ1) is 13.0. The number of aliphatic hydroxyl groups is 1. The van der Waals surface area contributed by atoms with Crippen molar-refractivity contribution in [2.45, 2.75) is 19.8 Å². The molecule has 1 aromatic carbocycles. The molecule has 1 aromatic rings. The lowest BCUT2D eigenvalue weighted by molar-refractivity contribution is 0.229. The number of hydrogen-bond acceptors (Lipinski definition) is 3. The molecule has 1 unspecified atom stereocenters. The van der Waals surface area contributed by atoms with Crippen molar-refractivity contribution < 1.29 is 9.84 Å². The Hall–Kier alpha value is -1.06. The molecule has 0 aromatic heterocycles. The number of aryl methyl sites for hydroxylation is 1. The molecule has 3 heteroatoms. The third-order valence-corrected chi connectivity index (χ3v) is 2.85. The van der Waals surface area contributed by atoms with Crippen LogP contribution < -0.4 is 10.5 Å². The Kier molecular flexibility index (Phi) is 5.29. The van der Waals surface area contributed by atoms with Crippen LogP contribution in [0.2, 0.25) is 0 Å². The van der Waals surface area contributed by atoms with Gasteiger partial charge < -0.3 is 15.6 Å². The molecule has 0 aliphatic rings. The second kappa shape index (κ2) is 6.51. The lowest BCUT2D eigenvalue weighted by Gasteiger charge is -2.15. The van der Waals surface area contributed by atoms with E-state index in [4.69, 9.17) is 15.6 Å². The number of aliphatic hydroxyl groups excluding tert-OH is 1. The van der Waals surface area contributed by atoms with Crippen LogP contribution in [0.25, 0.3) is 0 Å². The highest BCUT2D eigenvalue weighted by molar-refractivity contribution is 5.37. The van der Waals surface area contributed by atoms with E-state index in [2.05, 4.69) is 19.1 Å². The molecule has 90 valence electrons. The molecule has 16 heavy (non-hydrogen) atoms. The molecule has 0 radical (unpaired) electrons. The Balaban J connectivity index is 2.90. The third-order valence-electron chi connectivity index (χ3n) is 2.85. The zero-order chi connectivity index (χ0) is 12.0. The fourth-order valence-electron chi connectivity index (χ4n) is 1.74. The highest BCUT2D eigenvalue weighted by Gasteiger charge is 2.10. The van der Waals surface area contributed by atoms with Gasteiger partial charge in [0.15, 0.2) is 0 Å². The molecule has 1 rings (SSSR count). The first-order chi connectivity index (χ1) is 7.74. The lowest BCUT2D eigenvalue weighted by atomic mass is 9.97. The molecule has 0 aliphatic heterocycles. The highest BCUT2D eigenvalue weighted by Crippen LogP contribution is 2.23. The van der Waals surface area contributed by atoms with Crippen molar-refractivity contribution in [2.75, 3.05) is 20.3 Å². The van der Waals surface area contributed by atoms with E-state index in [1.54, 1.807) is 7.11 Å². The van der Waals surface area contributed by atoms with E-state index in [1.165, 1.54) is 5.56 Å². The average molecular weight is 223 g/mol. The molecule has 0 heterocycles. The van der Waals surface area contributed by atoms with Gasteiger partial charge in [-0.25, -0.2) is 0 Å². The van der Waals surface area contributed by atoms with E-state index < -0.39 is 0 Å². The van der Waals surface area contributed by atoms with Crippen molar-refractivity contribution in [1.29, 1.82) is 0 Å². The number of rotatable bonds is 6. The summed E-state index contributed by atoms with van der Waals surface area (Å²) in [6.07, 6.45) is 1.77. The Morgan fingerprint density at radius 1 is 1.44 bits per heavy atom. The van der Waals surface area contributed by atoms with E-state index in [9.17, 15) is 0 Å². The lowest BCUT2D eigenvalue weighted by Crippen LogP contribution is -2.20. The van der Waals surface area contributed by atoms with Gasteiger partial charge in [-0.05, 0) is 42.5 Å². The molecule has 1 atom stereocenters. The largest absolute Gasteiger partial charge is 0.496 e. The van der Waals surface area contributed by atoms with Crippen LogP contribution in [-0.2, 0) is 12.8 Å². The average Bonchev–Trinajstić information content (AvgIpc) is 2.35. The Morgan fingerprint density at radius 2 is 2.19 bits per heavy atom. The van der Waals surface area contributed by atoms with Gasteiger partial charge in [-0.1, -0.05) is 19.1 Å². The number of methoxy groups -OCH3 is 1. The predicted molar refractivity (Wildman–Crippen MR) is 65.7 cm³/mol. The maximum absolute atomic E-state index is 9.16. The van der Waals surface area contributed by atoms with E-state index >= 15 is 0 Å². The molecule has 0 amide bonds. The number of hydrogen-bond donors (Lipinski definition) is 2. The smallest absolute Gasteiger partial charge is 0.122 e. The molecule has 3 nitrogen and oxygen atoms in total. The summed E-state index contributed by atoms with van der Waals surface area (Å²) >= 11 is 0. The van der Waals surface area contributed by atoms with E-state index in [0.29, 0.717) is 6.54 Å². The molecule has 0 fully saturated rings. The SMILES string of the molecule is CCc1ccc(OC)c(CC(CN)CO)c1. The van der Waals surface area contributed by atoms with Crippen LogP contribution in [0.1, 0.15) is 18.1 Å². The zero-order valence-electron chi connectivity index (χ0n) is 10.1. The van der Waals surface area contributed by atoms with Crippen molar-refractivity contribution in [3.05, 3.63) is 29.3 Å². The van der Waals surface area contributed by atoms with Crippen molar-refractivity contribution in [2.24, 2.45) is 11.7 Å². The van der Waals surface area contributed by atoms with Gasteiger partial charge in [-0.3, -0.25) is 0 Å². The van der Waals surface area contributed by atoms with Gasteiger partial charge in [0.25, 0.3) is 0 Å². The number of benzene rings is 1. The van der Waals surface area contributed by atoms with Gasteiger partial charge in [0.05, 0.1) is 7.11 Å². The summed E-state index contributed by atoms with van der Waals surface area (Å²) in [4.78, 5) is 0. The summed E-state index contributed by atoms with van der Waals surface area (Å²) in [5.74, 6) is 0.991. The van der Waals surface area contributed by atoms with Crippen LogP contribution in [0, 0.1) is 5.92 Å². The molecule has 0 bridgehead atoms. The third kappa shape index (κ3) is 3.22. The minimum atomic E-state index is 0.112. The molecule has 0 saturated carbocycles. The predicted octanol–water partition coefficient (Wildman–Crippen LogP) is 1.37. The summed E-state index contributed by atoms with van der Waals surface area (Å²) in [5, 5.41) is 9.16. The maximum Gasteiger partial charge on any atom is 0.122 e. The van der Waals surface area contributed by atoms with Crippen LogP contribution >= 0.6 is 0 Å². The van der Waals surface area contributed by atoms with Crippen molar-refractivity contribution in [3.63, 3.8) is 0 Å². The van der Waals surface area contributed by atoms with Gasteiger partial charge in [-0.15, -0.1) is 0 Å². The minimum Gasteiger partial charge on any atom is -0.496 e. The summed E-state index contributed by atoms with van der Waals surface area (Å²) in [6.45, 7) is 2.74. The molecular formula is C13H21NO2. The van der Waals surface area contributed by atoms with Crippen molar-refractivity contribution >= 4 is 0 Å². The van der Waals surface area contributed by atoms with Crippen LogP contribution in [0.15, 0.2) is 18.2 Å². The molecule has 0 saturated heterocycles. The van der Waals surface area contributed by atoms with Crippen LogP contribution in [-0.4, -0.2) is 25.4 Å². The van der Waals surface area contributed by atoms with Crippen LogP contribution in [0.5, 0.6) is 5.75 Å². The Labute approximate surface area is 97.2 Å². The van der Waals surface area contributed by atoms with E-state index in [-0.39, 0.29) is 12.5 Å². The van der Waals surface area contributed by atoms with Gasteiger partial charge in [0, 0.05) is 6.61 Å². The van der Waals surface area contributed by atoms with Crippen LogP contribution in [0.3, 0.4) is 0 Å². The monoisotopic (exact) mass is 223 g/mol. The summed E-state index contributed by atoms with van der Waals surface area (Å²) in [5.41, 5.74) is 8.01. The van der Waals surface area contributed by atoms with Gasteiger partial charge in [0.1, 0.15) is 5.75 Å². The zero-order valence-corrected chi connectivity index (χ0v) is 10.1. The highest BCUT2D eigenvalue weighted by atomic mass is 16.5. The standard InChI is InChI=1S/C13H21NO2/c1-3-10-4-5-13(16-2)12(6-10)7-11(8-14)9-15/h4-6,11,15H,3,7-9,14H2,1-2H3. The number of ether oxygens (including phenoxy) is 1. The molecule has 3 N–H and O–H groups in total. The molecular weight excluding hydrogens is 202 g/mol. The topological polar surface area (TPSA) is 55.5 Å².